The summed E-state index contributed by atoms with van der Waals surface area (Å²) in [5, 5.41) is 2.89. The number of rotatable bonds is 3. The molecule has 0 heterocycles. The SMILES string of the molecule is C=CC(=C)N/C=C\C. The lowest BCUT2D eigenvalue weighted by Gasteiger charge is -1.93. The van der Waals surface area contributed by atoms with Crippen LogP contribution in [0.4, 0.5) is 0 Å². The number of allylic oxidation sites excluding steroid dienone is 2. The standard InChI is InChI=1S/C7H11N/c1-4-6-8-7(3)5-2/h4-6,8H,2-3H2,1H3/b6-4-. The summed E-state index contributed by atoms with van der Waals surface area (Å²) < 4.78 is 0. The van der Waals surface area contributed by atoms with Crippen molar-refractivity contribution >= 4 is 0 Å². The van der Waals surface area contributed by atoms with Crippen LogP contribution in [0.5, 0.6) is 0 Å². The fraction of sp³-hybridized carbons (Fsp3) is 0.143. The molecule has 1 N–H and O–H groups in total. The van der Waals surface area contributed by atoms with Gasteiger partial charge < -0.3 is 5.32 Å². The van der Waals surface area contributed by atoms with E-state index < -0.39 is 0 Å². The van der Waals surface area contributed by atoms with Crippen LogP contribution in [-0.4, -0.2) is 0 Å². The van der Waals surface area contributed by atoms with Gasteiger partial charge in [-0.25, -0.2) is 0 Å². The Morgan fingerprint density at radius 3 is 2.62 bits per heavy atom. The second-order valence-corrected chi connectivity index (χ2v) is 1.37. The summed E-state index contributed by atoms with van der Waals surface area (Å²) in [4.78, 5) is 0. The molecule has 0 spiro atoms. The van der Waals surface area contributed by atoms with E-state index in [-0.39, 0.29) is 0 Å². The van der Waals surface area contributed by atoms with Crippen molar-refractivity contribution < 1.29 is 0 Å². The molecule has 1 heteroatoms. The van der Waals surface area contributed by atoms with Crippen LogP contribution < -0.4 is 5.32 Å². The van der Waals surface area contributed by atoms with Gasteiger partial charge in [0.15, 0.2) is 0 Å². The zero-order valence-electron chi connectivity index (χ0n) is 5.15. The van der Waals surface area contributed by atoms with E-state index in [0.717, 1.165) is 5.70 Å². The minimum atomic E-state index is 0.822. The topological polar surface area (TPSA) is 12.0 Å². The van der Waals surface area contributed by atoms with Crippen molar-refractivity contribution in [3.8, 4) is 0 Å². The average molecular weight is 109 g/mol. The number of hydrogen-bond acceptors (Lipinski definition) is 1. The van der Waals surface area contributed by atoms with Gasteiger partial charge in [0, 0.05) is 5.70 Å². The minimum Gasteiger partial charge on any atom is -0.363 e. The van der Waals surface area contributed by atoms with Gasteiger partial charge in [-0.2, -0.15) is 0 Å². The van der Waals surface area contributed by atoms with E-state index in [1.165, 1.54) is 0 Å². The Morgan fingerprint density at radius 1 is 1.62 bits per heavy atom. The molecule has 0 aromatic rings. The summed E-state index contributed by atoms with van der Waals surface area (Å²) in [5.74, 6) is 0. The molecule has 0 aliphatic carbocycles. The van der Waals surface area contributed by atoms with Crippen molar-refractivity contribution in [2.24, 2.45) is 0 Å². The van der Waals surface area contributed by atoms with E-state index in [9.17, 15) is 0 Å². The first-order valence-corrected chi connectivity index (χ1v) is 2.50. The molecule has 0 aliphatic heterocycles. The summed E-state index contributed by atoms with van der Waals surface area (Å²) in [5.41, 5.74) is 0.822. The molecule has 0 aliphatic rings. The van der Waals surface area contributed by atoms with Crippen LogP contribution in [0.15, 0.2) is 37.2 Å². The molecule has 0 rings (SSSR count). The number of nitrogens with one attached hydrogen (secondary N) is 1. The van der Waals surface area contributed by atoms with Crippen LogP contribution in [0.1, 0.15) is 6.92 Å². The Labute approximate surface area is 50.4 Å². The second kappa shape index (κ2) is 4.19. The van der Waals surface area contributed by atoms with E-state index in [4.69, 9.17) is 0 Å². The molecule has 0 amide bonds. The van der Waals surface area contributed by atoms with Gasteiger partial charge in [-0.3, -0.25) is 0 Å². The summed E-state index contributed by atoms with van der Waals surface area (Å²) >= 11 is 0. The Morgan fingerprint density at radius 2 is 2.25 bits per heavy atom. The van der Waals surface area contributed by atoms with E-state index in [0.29, 0.717) is 0 Å². The maximum absolute atomic E-state index is 3.63. The zero-order chi connectivity index (χ0) is 6.41. The third kappa shape index (κ3) is 3.22. The highest BCUT2D eigenvalue weighted by atomic mass is 14.8. The lowest BCUT2D eigenvalue weighted by Crippen LogP contribution is -1.98. The molecule has 0 aromatic carbocycles. The lowest BCUT2D eigenvalue weighted by atomic mass is 10.5. The molecule has 0 atom stereocenters. The first-order chi connectivity index (χ1) is 3.81. The fourth-order valence-corrected chi connectivity index (χ4v) is 0.249. The molecule has 0 unspecified atom stereocenters. The molecule has 0 saturated carbocycles. The van der Waals surface area contributed by atoms with Gasteiger partial charge in [0.1, 0.15) is 0 Å². The van der Waals surface area contributed by atoms with Gasteiger partial charge in [0.05, 0.1) is 0 Å². The van der Waals surface area contributed by atoms with Crippen molar-refractivity contribution in [1.29, 1.82) is 0 Å². The number of hydrogen-bond donors (Lipinski definition) is 1. The third-order valence-corrected chi connectivity index (χ3v) is 0.682. The summed E-state index contributed by atoms with van der Waals surface area (Å²) in [6.45, 7) is 9.08. The highest BCUT2D eigenvalue weighted by Gasteiger charge is 1.73. The van der Waals surface area contributed by atoms with Gasteiger partial charge in [0.25, 0.3) is 0 Å². The van der Waals surface area contributed by atoms with Gasteiger partial charge in [-0.1, -0.05) is 19.2 Å². The van der Waals surface area contributed by atoms with Crippen LogP contribution in [0.3, 0.4) is 0 Å². The fourth-order valence-electron chi connectivity index (χ4n) is 0.249. The first kappa shape index (κ1) is 7.02. The van der Waals surface area contributed by atoms with Crippen molar-refractivity contribution in [3.63, 3.8) is 0 Å². The molecular formula is C7H11N. The smallest absolute Gasteiger partial charge is 0.0300 e. The molecular weight excluding hydrogens is 98.1 g/mol. The summed E-state index contributed by atoms with van der Waals surface area (Å²) in [6.07, 6.45) is 5.37. The van der Waals surface area contributed by atoms with E-state index in [1.54, 1.807) is 6.08 Å². The van der Waals surface area contributed by atoms with Gasteiger partial charge in [0.2, 0.25) is 0 Å². The molecule has 1 nitrogen and oxygen atoms in total. The van der Waals surface area contributed by atoms with Crippen LogP contribution in [0.2, 0.25) is 0 Å². The molecule has 0 bridgehead atoms. The van der Waals surface area contributed by atoms with Crippen LogP contribution in [0.25, 0.3) is 0 Å². The van der Waals surface area contributed by atoms with Crippen molar-refractivity contribution in [1.82, 2.24) is 5.32 Å². The maximum atomic E-state index is 3.63. The zero-order valence-corrected chi connectivity index (χ0v) is 5.15. The van der Waals surface area contributed by atoms with Crippen LogP contribution in [-0.2, 0) is 0 Å². The normalized spacial score (nSPS) is 9.12. The van der Waals surface area contributed by atoms with E-state index in [2.05, 4.69) is 18.5 Å². The van der Waals surface area contributed by atoms with Gasteiger partial charge in [-0.05, 0) is 19.2 Å². The quantitative estimate of drug-likeness (QED) is 0.545. The molecule has 0 aromatic heterocycles. The predicted octanol–water partition coefficient (Wildman–Crippen LogP) is 1.81. The van der Waals surface area contributed by atoms with Crippen LogP contribution >= 0.6 is 0 Å². The van der Waals surface area contributed by atoms with E-state index in [1.807, 2.05) is 19.2 Å². The monoisotopic (exact) mass is 109 g/mol. The molecule has 44 valence electrons. The van der Waals surface area contributed by atoms with Crippen molar-refractivity contribution in [2.45, 2.75) is 6.92 Å². The minimum absolute atomic E-state index is 0.822. The van der Waals surface area contributed by atoms with Gasteiger partial charge >= 0.3 is 0 Å². The van der Waals surface area contributed by atoms with Crippen molar-refractivity contribution in [3.05, 3.63) is 37.2 Å². The Balaban J connectivity index is 3.39. The lowest BCUT2D eigenvalue weighted by molar-refractivity contribution is 1.12. The predicted molar refractivity (Wildman–Crippen MR) is 37.3 cm³/mol. The Bertz CT molecular complexity index is 112. The highest BCUT2D eigenvalue weighted by molar-refractivity contribution is 5.10. The third-order valence-electron chi connectivity index (χ3n) is 0.682. The van der Waals surface area contributed by atoms with E-state index >= 15 is 0 Å². The van der Waals surface area contributed by atoms with Crippen LogP contribution in [0, 0.1) is 0 Å². The Kier molecular flexibility index (Phi) is 3.67. The Hall–Kier alpha value is -0.980. The first-order valence-electron chi connectivity index (χ1n) is 2.50. The molecule has 8 heavy (non-hydrogen) atoms. The molecule has 0 saturated heterocycles. The largest absolute Gasteiger partial charge is 0.363 e. The molecule has 0 fully saturated rings. The summed E-state index contributed by atoms with van der Waals surface area (Å²) in [6, 6.07) is 0. The summed E-state index contributed by atoms with van der Waals surface area (Å²) in [7, 11) is 0. The second-order valence-electron chi connectivity index (χ2n) is 1.37. The highest BCUT2D eigenvalue weighted by Crippen LogP contribution is 1.81. The maximum Gasteiger partial charge on any atom is 0.0300 e. The van der Waals surface area contributed by atoms with Gasteiger partial charge in [-0.15, -0.1) is 0 Å². The van der Waals surface area contributed by atoms with Crippen molar-refractivity contribution in [2.75, 3.05) is 0 Å². The molecule has 0 radical (unpaired) electrons. The average Bonchev–Trinajstić information content (AvgIpc) is 1.83.